The van der Waals surface area contributed by atoms with Gasteiger partial charge in [0.05, 0.1) is 12.6 Å². The van der Waals surface area contributed by atoms with Gasteiger partial charge in [-0.05, 0) is 18.6 Å². The average molecular weight is 222 g/mol. The molecule has 0 saturated heterocycles. The predicted octanol–water partition coefficient (Wildman–Crippen LogP) is 1.25. The van der Waals surface area contributed by atoms with Gasteiger partial charge in [0, 0.05) is 5.56 Å². The van der Waals surface area contributed by atoms with Gasteiger partial charge in [-0.1, -0.05) is 6.07 Å². The fourth-order valence-corrected chi connectivity index (χ4v) is 1.24. The van der Waals surface area contributed by atoms with Gasteiger partial charge in [0.2, 0.25) is 0 Å². The molecule has 0 unspecified atom stereocenters. The summed E-state index contributed by atoms with van der Waals surface area (Å²) >= 11 is 0. The first-order valence-electron chi connectivity index (χ1n) is 3.92. The maximum Gasteiger partial charge on any atom is 0.165 e. The molecule has 0 fully saturated rings. The third-order valence-electron chi connectivity index (χ3n) is 1.95. The summed E-state index contributed by atoms with van der Waals surface area (Å²) in [4.78, 5) is 0. The highest BCUT2D eigenvalue weighted by Crippen LogP contribution is 2.28. The molecule has 1 atom stereocenters. The first kappa shape index (κ1) is 13.2. The van der Waals surface area contributed by atoms with Crippen molar-refractivity contribution in [2.45, 2.75) is 13.0 Å². The molecule has 0 aromatic heterocycles. The highest BCUT2D eigenvalue weighted by atomic mass is 35.5. The van der Waals surface area contributed by atoms with Crippen molar-refractivity contribution in [3.05, 3.63) is 29.1 Å². The Labute approximate surface area is 87.8 Å². The minimum atomic E-state index is -0.740. The number of aliphatic hydroxyl groups is 1. The third kappa shape index (κ3) is 2.35. The standard InChI is InChI=1S/C9H12FNO2.ClH/c1-5-2-3-6(10)9(13)8(5)7(11)4-12;/h2-3,7,12-13H,4,11H2,1H3;1H/t7-;/m1./s1. The summed E-state index contributed by atoms with van der Waals surface area (Å²) in [7, 11) is 0. The van der Waals surface area contributed by atoms with Crippen LogP contribution in [-0.2, 0) is 0 Å². The van der Waals surface area contributed by atoms with Crippen LogP contribution in [0.3, 0.4) is 0 Å². The van der Waals surface area contributed by atoms with Crippen LogP contribution in [-0.4, -0.2) is 16.8 Å². The molecule has 0 radical (unpaired) electrons. The summed E-state index contributed by atoms with van der Waals surface area (Å²) in [6.45, 7) is 1.38. The van der Waals surface area contributed by atoms with Crippen LogP contribution in [0.15, 0.2) is 12.1 Å². The Bertz CT molecular complexity index is 320. The van der Waals surface area contributed by atoms with Crippen molar-refractivity contribution in [1.82, 2.24) is 0 Å². The van der Waals surface area contributed by atoms with E-state index >= 15 is 0 Å². The summed E-state index contributed by atoms with van der Waals surface area (Å²) in [5.74, 6) is -1.19. The molecule has 1 aromatic carbocycles. The lowest BCUT2D eigenvalue weighted by Crippen LogP contribution is -2.16. The zero-order chi connectivity index (χ0) is 10.0. The second-order valence-electron chi connectivity index (χ2n) is 2.92. The summed E-state index contributed by atoms with van der Waals surface area (Å²) < 4.78 is 12.9. The molecule has 0 saturated carbocycles. The molecule has 80 valence electrons. The highest BCUT2D eigenvalue weighted by molar-refractivity contribution is 5.85. The zero-order valence-corrected chi connectivity index (χ0v) is 8.51. The van der Waals surface area contributed by atoms with Crippen LogP contribution >= 0.6 is 12.4 Å². The summed E-state index contributed by atoms with van der Waals surface area (Å²) in [5, 5.41) is 18.1. The molecule has 0 spiro atoms. The van der Waals surface area contributed by atoms with Crippen molar-refractivity contribution in [3.8, 4) is 5.75 Å². The fourth-order valence-electron chi connectivity index (χ4n) is 1.24. The summed E-state index contributed by atoms with van der Waals surface area (Å²) in [6.07, 6.45) is 0. The first-order chi connectivity index (χ1) is 6.07. The SMILES string of the molecule is Cc1ccc(F)c(O)c1[C@H](N)CO.Cl. The zero-order valence-electron chi connectivity index (χ0n) is 7.70. The molecule has 5 heteroatoms. The second-order valence-corrected chi connectivity index (χ2v) is 2.92. The topological polar surface area (TPSA) is 66.5 Å². The van der Waals surface area contributed by atoms with Crippen LogP contribution in [0.25, 0.3) is 0 Å². The van der Waals surface area contributed by atoms with Crippen LogP contribution in [0, 0.1) is 12.7 Å². The van der Waals surface area contributed by atoms with E-state index in [-0.39, 0.29) is 24.6 Å². The van der Waals surface area contributed by atoms with Crippen LogP contribution in [0.5, 0.6) is 5.75 Å². The molecule has 0 aliphatic carbocycles. The molecule has 1 rings (SSSR count). The lowest BCUT2D eigenvalue weighted by Gasteiger charge is -2.13. The van der Waals surface area contributed by atoms with Gasteiger partial charge in [0.25, 0.3) is 0 Å². The molecule has 0 bridgehead atoms. The molecule has 0 amide bonds. The van der Waals surface area contributed by atoms with Crippen LogP contribution in [0.4, 0.5) is 4.39 Å². The van der Waals surface area contributed by atoms with Crippen molar-refractivity contribution in [2.75, 3.05) is 6.61 Å². The highest BCUT2D eigenvalue weighted by Gasteiger charge is 2.15. The number of aryl methyl sites for hydroxylation is 1. The van der Waals surface area contributed by atoms with Crippen LogP contribution in [0.2, 0.25) is 0 Å². The summed E-state index contributed by atoms with van der Waals surface area (Å²) in [6, 6.07) is 1.94. The largest absolute Gasteiger partial charge is 0.505 e. The van der Waals surface area contributed by atoms with Gasteiger partial charge in [-0.2, -0.15) is 0 Å². The number of halogens is 2. The number of hydrogen-bond donors (Lipinski definition) is 3. The number of nitrogens with two attached hydrogens (primary N) is 1. The van der Waals surface area contributed by atoms with Crippen molar-refractivity contribution in [1.29, 1.82) is 0 Å². The Kier molecular flexibility index (Phi) is 4.83. The Balaban J connectivity index is 0.00000169. The van der Waals surface area contributed by atoms with E-state index in [2.05, 4.69) is 0 Å². The number of phenolic OH excluding ortho intramolecular Hbond substituents is 1. The van der Waals surface area contributed by atoms with Gasteiger partial charge in [-0.25, -0.2) is 4.39 Å². The Morgan fingerprint density at radius 2 is 2.07 bits per heavy atom. The number of rotatable bonds is 2. The molecular weight excluding hydrogens is 209 g/mol. The Hall–Kier alpha value is -0.840. The van der Waals surface area contributed by atoms with E-state index in [0.29, 0.717) is 5.56 Å². The maximum atomic E-state index is 12.9. The van der Waals surface area contributed by atoms with Gasteiger partial charge >= 0.3 is 0 Å². The van der Waals surface area contributed by atoms with E-state index < -0.39 is 17.6 Å². The normalized spacial score (nSPS) is 12.0. The van der Waals surface area contributed by atoms with Crippen molar-refractivity contribution in [2.24, 2.45) is 5.73 Å². The molecule has 1 aromatic rings. The van der Waals surface area contributed by atoms with E-state index in [1.807, 2.05) is 0 Å². The van der Waals surface area contributed by atoms with Gasteiger partial charge in [0.15, 0.2) is 11.6 Å². The molecule has 14 heavy (non-hydrogen) atoms. The average Bonchev–Trinajstić information content (AvgIpc) is 2.12. The Morgan fingerprint density at radius 1 is 1.50 bits per heavy atom. The number of aliphatic hydroxyl groups excluding tert-OH is 1. The molecule has 0 heterocycles. The number of aromatic hydroxyl groups is 1. The lowest BCUT2D eigenvalue weighted by molar-refractivity contribution is 0.264. The number of benzene rings is 1. The quantitative estimate of drug-likeness (QED) is 0.704. The van der Waals surface area contributed by atoms with Crippen LogP contribution < -0.4 is 5.73 Å². The van der Waals surface area contributed by atoms with Crippen molar-refractivity contribution in [3.63, 3.8) is 0 Å². The monoisotopic (exact) mass is 221 g/mol. The predicted molar refractivity (Wildman–Crippen MR) is 54.1 cm³/mol. The third-order valence-corrected chi connectivity index (χ3v) is 1.95. The van der Waals surface area contributed by atoms with Crippen molar-refractivity contribution >= 4 is 12.4 Å². The lowest BCUT2D eigenvalue weighted by atomic mass is 10.0. The van der Waals surface area contributed by atoms with Gasteiger partial charge < -0.3 is 15.9 Å². The van der Waals surface area contributed by atoms with Crippen molar-refractivity contribution < 1.29 is 14.6 Å². The second kappa shape index (κ2) is 5.14. The van der Waals surface area contributed by atoms with E-state index in [9.17, 15) is 9.50 Å². The molecule has 4 N–H and O–H groups in total. The summed E-state index contributed by atoms with van der Waals surface area (Å²) in [5.41, 5.74) is 6.42. The fraction of sp³-hybridized carbons (Fsp3) is 0.333. The maximum absolute atomic E-state index is 12.9. The van der Waals surface area contributed by atoms with E-state index in [1.54, 1.807) is 6.92 Å². The van der Waals surface area contributed by atoms with Crippen LogP contribution in [0.1, 0.15) is 17.2 Å². The van der Waals surface area contributed by atoms with E-state index in [0.717, 1.165) is 6.07 Å². The van der Waals surface area contributed by atoms with Gasteiger partial charge in [0.1, 0.15) is 0 Å². The Morgan fingerprint density at radius 3 is 2.57 bits per heavy atom. The molecule has 0 aliphatic rings. The number of phenols is 1. The van der Waals surface area contributed by atoms with E-state index in [4.69, 9.17) is 10.8 Å². The number of hydrogen-bond acceptors (Lipinski definition) is 3. The molecular formula is C9H13ClFNO2. The minimum Gasteiger partial charge on any atom is -0.505 e. The van der Waals surface area contributed by atoms with Gasteiger partial charge in [-0.3, -0.25) is 0 Å². The van der Waals surface area contributed by atoms with Gasteiger partial charge in [-0.15, -0.1) is 12.4 Å². The minimum absolute atomic E-state index is 0. The smallest absolute Gasteiger partial charge is 0.165 e. The van der Waals surface area contributed by atoms with E-state index in [1.165, 1.54) is 6.07 Å². The molecule has 0 aliphatic heterocycles. The first-order valence-corrected chi connectivity index (χ1v) is 3.92. The molecule has 3 nitrogen and oxygen atoms in total.